The van der Waals surface area contributed by atoms with Crippen LogP contribution in [-0.2, 0) is 34.4 Å². The van der Waals surface area contributed by atoms with Gasteiger partial charge >= 0.3 is 10.3 Å². The SMILES string of the molecule is CCc1csc(C(Cc2[c]cc(NS(=O)(=O)O)cc2)NC(=O)CCc2nccs2)n1. The van der Waals surface area contributed by atoms with Crippen LogP contribution in [-0.4, -0.2) is 28.8 Å². The van der Waals surface area contributed by atoms with Crippen molar-refractivity contribution in [2.24, 2.45) is 0 Å². The molecule has 1 atom stereocenters. The number of benzene rings is 1. The minimum Gasteiger partial charge on any atom is -0.347 e. The molecule has 30 heavy (non-hydrogen) atoms. The fourth-order valence-electron chi connectivity index (χ4n) is 2.72. The fraction of sp³-hybridized carbons (Fsp3) is 0.316. The molecule has 0 aliphatic heterocycles. The minimum atomic E-state index is -4.34. The van der Waals surface area contributed by atoms with Gasteiger partial charge in [0.15, 0.2) is 0 Å². The van der Waals surface area contributed by atoms with E-state index in [1.807, 2.05) is 22.4 Å². The predicted octanol–water partition coefficient (Wildman–Crippen LogP) is 3.21. The summed E-state index contributed by atoms with van der Waals surface area (Å²) in [6, 6.07) is 7.32. The van der Waals surface area contributed by atoms with Gasteiger partial charge in [-0.2, -0.15) is 8.42 Å². The molecule has 11 heteroatoms. The number of nitrogens with one attached hydrogen (secondary N) is 2. The lowest BCUT2D eigenvalue weighted by molar-refractivity contribution is -0.121. The van der Waals surface area contributed by atoms with E-state index in [0.717, 1.165) is 27.7 Å². The minimum absolute atomic E-state index is 0.0897. The fourth-order valence-corrected chi connectivity index (χ4v) is 4.72. The molecule has 0 saturated heterocycles. The molecule has 0 bridgehead atoms. The second-order valence-corrected chi connectivity index (χ2v) is 9.48. The summed E-state index contributed by atoms with van der Waals surface area (Å²) in [6.07, 6.45) is 3.89. The smallest absolute Gasteiger partial charge is 0.347 e. The molecule has 3 aromatic rings. The molecule has 0 aliphatic rings. The van der Waals surface area contributed by atoms with E-state index >= 15 is 0 Å². The Morgan fingerprint density at radius 3 is 2.77 bits per heavy atom. The lowest BCUT2D eigenvalue weighted by Crippen LogP contribution is -2.30. The van der Waals surface area contributed by atoms with Gasteiger partial charge in [-0.25, -0.2) is 9.97 Å². The van der Waals surface area contributed by atoms with Crippen molar-refractivity contribution < 1.29 is 17.8 Å². The number of amides is 1. The van der Waals surface area contributed by atoms with Crippen LogP contribution in [0.5, 0.6) is 0 Å². The van der Waals surface area contributed by atoms with E-state index in [1.54, 1.807) is 12.3 Å². The van der Waals surface area contributed by atoms with Crippen LogP contribution in [0.3, 0.4) is 0 Å². The molecular formula is C19H21N4O4S3. The molecule has 0 spiro atoms. The quantitative estimate of drug-likeness (QED) is 0.395. The molecule has 2 heterocycles. The van der Waals surface area contributed by atoms with Crippen molar-refractivity contribution in [2.75, 3.05) is 4.72 Å². The Kier molecular flexibility index (Phi) is 7.53. The standard InChI is InChI=1S/C19H21N4O4S3/c1-2-14-12-29-19(21-14)16(22-17(24)7-8-18-20-9-10-28-18)11-13-3-5-15(6-4-13)23-30(25,26)27/h3,5-6,9-10,12,16,23H,2,7-8,11H2,1H3,(H,22,24)(H,25,26,27). The van der Waals surface area contributed by atoms with E-state index in [4.69, 9.17) is 4.55 Å². The van der Waals surface area contributed by atoms with Crippen molar-refractivity contribution >= 4 is 44.6 Å². The van der Waals surface area contributed by atoms with E-state index in [1.165, 1.54) is 34.8 Å². The van der Waals surface area contributed by atoms with Crippen molar-refractivity contribution in [3.05, 3.63) is 62.5 Å². The van der Waals surface area contributed by atoms with Gasteiger partial charge in [0.25, 0.3) is 0 Å². The number of nitrogens with zero attached hydrogens (tertiary/aromatic N) is 2. The van der Waals surface area contributed by atoms with Gasteiger partial charge < -0.3 is 5.32 Å². The second kappa shape index (κ2) is 10.1. The maximum Gasteiger partial charge on any atom is 0.357 e. The van der Waals surface area contributed by atoms with E-state index < -0.39 is 10.3 Å². The number of aryl methyl sites for hydroxylation is 2. The first-order chi connectivity index (χ1) is 14.3. The van der Waals surface area contributed by atoms with Crippen LogP contribution in [0.15, 0.2) is 35.2 Å². The summed E-state index contributed by atoms with van der Waals surface area (Å²) >= 11 is 3.02. The lowest BCUT2D eigenvalue weighted by atomic mass is 10.1. The molecule has 0 fully saturated rings. The third-order valence-corrected chi connectivity index (χ3v) is 6.50. The average molecular weight is 466 g/mol. The van der Waals surface area contributed by atoms with Gasteiger partial charge in [0.1, 0.15) is 5.01 Å². The highest BCUT2D eigenvalue weighted by molar-refractivity contribution is 7.87. The number of aromatic nitrogens is 2. The van der Waals surface area contributed by atoms with Crippen LogP contribution in [0.1, 0.15) is 40.7 Å². The topological polar surface area (TPSA) is 121 Å². The second-order valence-electron chi connectivity index (χ2n) is 6.46. The lowest BCUT2D eigenvalue weighted by Gasteiger charge is -2.17. The summed E-state index contributed by atoms with van der Waals surface area (Å²) in [5.41, 5.74) is 1.94. The first-order valence-electron chi connectivity index (χ1n) is 9.20. The monoisotopic (exact) mass is 465 g/mol. The molecule has 159 valence electrons. The zero-order chi connectivity index (χ0) is 21.6. The third-order valence-electron chi connectivity index (χ3n) is 4.16. The Hall–Kier alpha value is -2.34. The zero-order valence-corrected chi connectivity index (χ0v) is 18.6. The zero-order valence-electron chi connectivity index (χ0n) is 16.2. The number of carbonyl (C=O) groups is 1. The Bertz CT molecular complexity index is 1060. The highest BCUT2D eigenvalue weighted by Gasteiger charge is 2.19. The van der Waals surface area contributed by atoms with Crippen molar-refractivity contribution in [1.82, 2.24) is 15.3 Å². The highest BCUT2D eigenvalue weighted by Crippen LogP contribution is 2.24. The van der Waals surface area contributed by atoms with E-state index in [9.17, 15) is 13.2 Å². The number of thiazole rings is 2. The van der Waals surface area contributed by atoms with Gasteiger partial charge in [0, 0.05) is 29.8 Å². The number of rotatable bonds is 10. The molecule has 8 nitrogen and oxygen atoms in total. The van der Waals surface area contributed by atoms with Crippen LogP contribution in [0.4, 0.5) is 5.69 Å². The third kappa shape index (κ3) is 6.87. The molecular weight excluding hydrogens is 444 g/mol. The Morgan fingerprint density at radius 2 is 2.17 bits per heavy atom. The molecule has 3 N–H and O–H groups in total. The van der Waals surface area contributed by atoms with Gasteiger partial charge in [-0.3, -0.25) is 14.1 Å². The summed E-state index contributed by atoms with van der Waals surface area (Å²) < 4.78 is 32.7. The number of anilines is 1. The van der Waals surface area contributed by atoms with Crippen LogP contribution in [0.25, 0.3) is 0 Å². The van der Waals surface area contributed by atoms with Gasteiger partial charge in [-0.15, -0.1) is 22.7 Å². The number of hydrogen-bond acceptors (Lipinski definition) is 7. The predicted molar refractivity (Wildman–Crippen MR) is 117 cm³/mol. The maximum atomic E-state index is 12.5. The molecule has 1 radical (unpaired) electrons. The maximum absolute atomic E-state index is 12.5. The highest BCUT2D eigenvalue weighted by atomic mass is 32.2. The summed E-state index contributed by atoms with van der Waals surface area (Å²) in [5.74, 6) is -0.0897. The first kappa shape index (κ1) is 22.3. The van der Waals surface area contributed by atoms with Gasteiger partial charge in [0.2, 0.25) is 5.91 Å². The van der Waals surface area contributed by atoms with Crippen LogP contribution < -0.4 is 10.0 Å². The Morgan fingerprint density at radius 1 is 1.33 bits per heavy atom. The largest absolute Gasteiger partial charge is 0.357 e. The van der Waals surface area contributed by atoms with Crippen LogP contribution in [0.2, 0.25) is 0 Å². The van der Waals surface area contributed by atoms with Gasteiger partial charge in [-0.05, 0) is 36.6 Å². The van der Waals surface area contributed by atoms with Gasteiger partial charge in [-0.1, -0.05) is 13.0 Å². The molecule has 2 aromatic heterocycles. The molecule has 0 aliphatic carbocycles. The Labute approximate surface area is 183 Å². The molecule has 0 saturated carbocycles. The van der Waals surface area contributed by atoms with Crippen molar-refractivity contribution in [2.45, 2.75) is 38.6 Å². The van der Waals surface area contributed by atoms with Gasteiger partial charge in [0.05, 0.1) is 22.4 Å². The van der Waals surface area contributed by atoms with Crippen LogP contribution in [0, 0.1) is 6.07 Å². The number of hydrogen-bond donors (Lipinski definition) is 3. The average Bonchev–Trinajstić information content (AvgIpc) is 3.38. The van der Waals surface area contributed by atoms with E-state index in [0.29, 0.717) is 19.3 Å². The Balaban J connectivity index is 1.70. The molecule has 1 amide bonds. The van der Waals surface area contributed by atoms with Crippen molar-refractivity contribution in [3.8, 4) is 0 Å². The molecule has 3 rings (SSSR count). The molecule has 1 aromatic carbocycles. The molecule has 1 unspecified atom stereocenters. The van der Waals surface area contributed by atoms with Crippen LogP contribution >= 0.6 is 22.7 Å². The number of carbonyl (C=O) groups excluding carboxylic acids is 1. The summed E-state index contributed by atoms with van der Waals surface area (Å²) in [5, 5.41) is 8.64. The summed E-state index contributed by atoms with van der Waals surface area (Å²) in [6.45, 7) is 2.02. The van der Waals surface area contributed by atoms with Crippen molar-refractivity contribution in [1.29, 1.82) is 0 Å². The summed E-state index contributed by atoms with van der Waals surface area (Å²) in [4.78, 5) is 21.3. The summed E-state index contributed by atoms with van der Waals surface area (Å²) in [7, 11) is -4.34. The van der Waals surface area contributed by atoms with Crippen molar-refractivity contribution in [3.63, 3.8) is 0 Å². The first-order valence-corrected chi connectivity index (χ1v) is 12.4. The van der Waals surface area contributed by atoms with E-state index in [2.05, 4.69) is 21.4 Å². The van der Waals surface area contributed by atoms with E-state index in [-0.39, 0.29) is 17.6 Å². The normalized spacial score (nSPS) is 12.5.